The molecule has 4 heteroatoms. The van der Waals surface area contributed by atoms with E-state index >= 15 is 0 Å². The summed E-state index contributed by atoms with van der Waals surface area (Å²) in [6.07, 6.45) is 4.50. The molecule has 21 heavy (non-hydrogen) atoms. The van der Waals surface area contributed by atoms with Crippen molar-refractivity contribution in [3.8, 4) is 0 Å². The molecule has 2 rings (SSSR count). The molecule has 0 aliphatic heterocycles. The van der Waals surface area contributed by atoms with Gasteiger partial charge in [-0.1, -0.05) is 26.2 Å². The minimum Gasteiger partial charge on any atom is -0.464 e. The molecule has 0 amide bonds. The van der Waals surface area contributed by atoms with Crippen LogP contribution in [0.2, 0.25) is 0 Å². The summed E-state index contributed by atoms with van der Waals surface area (Å²) in [5, 5.41) is 0. The zero-order chi connectivity index (χ0) is 15.3. The topological polar surface area (TPSA) is 78.3 Å². The quantitative estimate of drug-likeness (QED) is 0.727. The van der Waals surface area contributed by atoms with Crippen molar-refractivity contribution < 1.29 is 8.83 Å². The SMILES string of the molecule is CCCCCC(C)(c1ccc(CN)o1)c1ccc(CN)o1. The van der Waals surface area contributed by atoms with Gasteiger partial charge in [-0.2, -0.15) is 0 Å². The van der Waals surface area contributed by atoms with E-state index in [0.29, 0.717) is 13.1 Å². The molecule has 0 aromatic carbocycles. The number of nitrogens with two attached hydrogens (primary N) is 2. The summed E-state index contributed by atoms with van der Waals surface area (Å²) in [5.41, 5.74) is 11.0. The summed E-state index contributed by atoms with van der Waals surface area (Å²) in [7, 11) is 0. The van der Waals surface area contributed by atoms with Gasteiger partial charge in [0.05, 0.1) is 18.5 Å². The normalized spacial score (nSPS) is 12.0. The van der Waals surface area contributed by atoms with Crippen molar-refractivity contribution in [1.29, 1.82) is 0 Å². The number of hydrogen-bond donors (Lipinski definition) is 2. The Labute approximate surface area is 126 Å². The lowest BCUT2D eigenvalue weighted by Gasteiger charge is -2.25. The molecule has 4 nitrogen and oxygen atoms in total. The van der Waals surface area contributed by atoms with Gasteiger partial charge >= 0.3 is 0 Å². The Kier molecular flexibility index (Phi) is 5.26. The first kappa shape index (κ1) is 15.9. The second kappa shape index (κ2) is 6.96. The first-order valence-electron chi connectivity index (χ1n) is 7.72. The van der Waals surface area contributed by atoms with Crippen LogP contribution in [0.3, 0.4) is 0 Å². The highest BCUT2D eigenvalue weighted by Crippen LogP contribution is 2.38. The van der Waals surface area contributed by atoms with E-state index in [9.17, 15) is 0 Å². The molecule has 0 radical (unpaired) electrons. The molecule has 2 aromatic rings. The van der Waals surface area contributed by atoms with Crippen LogP contribution >= 0.6 is 0 Å². The molecule has 4 N–H and O–H groups in total. The monoisotopic (exact) mass is 290 g/mol. The highest BCUT2D eigenvalue weighted by atomic mass is 16.4. The maximum absolute atomic E-state index is 5.91. The van der Waals surface area contributed by atoms with E-state index in [1.165, 1.54) is 12.8 Å². The maximum atomic E-state index is 5.91. The third kappa shape index (κ3) is 3.39. The summed E-state index contributed by atoms with van der Waals surface area (Å²) in [6, 6.07) is 7.91. The van der Waals surface area contributed by atoms with Gasteiger partial charge in [0.2, 0.25) is 0 Å². The molecule has 0 saturated carbocycles. The van der Waals surface area contributed by atoms with Gasteiger partial charge in [0.1, 0.15) is 23.0 Å². The highest BCUT2D eigenvalue weighted by Gasteiger charge is 2.35. The lowest BCUT2D eigenvalue weighted by molar-refractivity contribution is 0.304. The van der Waals surface area contributed by atoms with Crippen molar-refractivity contribution >= 4 is 0 Å². The summed E-state index contributed by atoms with van der Waals surface area (Å²) < 4.78 is 11.8. The lowest BCUT2D eigenvalue weighted by Crippen LogP contribution is -2.22. The van der Waals surface area contributed by atoms with E-state index in [1.54, 1.807) is 0 Å². The Morgan fingerprint density at radius 2 is 1.43 bits per heavy atom. The van der Waals surface area contributed by atoms with Gasteiger partial charge in [-0.05, 0) is 37.6 Å². The molecule has 2 heterocycles. The van der Waals surface area contributed by atoms with Crippen LogP contribution in [0, 0.1) is 0 Å². The van der Waals surface area contributed by atoms with Crippen LogP contribution in [0.5, 0.6) is 0 Å². The number of hydrogen-bond acceptors (Lipinski definition) is 4. The Hall–Kier alpha value is -1.52. The number of rotatable bonds is 8. The molecule has 0 aliphatic carbocycles. The second-order valence-electron chi connectivity index (χ2n) is 5.73. The molecular formula is C17H26N2O2. The van der Waals surface area contributed by atoms with Crippen molar-refractivity contribution in [1.82, 2.24) is 0 Å². The van der Waals surface area contributed by atoms with Crippen LogP contribution < -0.4 is 11.5 Å². The lowest BCUT2D eigenvalue weighted by atomic mass is 9.80. The Bertz CT molecular complexity index is 514. The molecule has 0 spiro atoms. The zero-order valence-electron chi connectivity index (χ0n) is 13.0. The fourth-order valence-electron chi connectivity index (χ4n) is 2.66. The number of furan rings is 2. The van der Waals surface area contributed by atoms with Gasteiger partial charge in [-0.15, -0.1) is 0 Å². The third-order valence-corrected chi connectivity index (χ3v) is 4.09. The summed E-state index contributed by atoms with van der Waals surface area (Å²) in [6.45, 7) is 5.20. The van der Waals surface area contributed by atoms with Crippen LogP contribution in [0.15, 0.2) is 33.1 Å². The fourth-order valence-corrected chi connectivity index (χ4v) is 2.66. The van der Waals surface area contributed by atoms with Crippen molar-refractivity contribution in [2.75, 3.05) is 0 Å². The molecule has 0 saturated heterocycles. The van der Waals surface area contributed by atoms with Crippen LogP contribution in [-0.2, 0) is 18.5 Å². The molecule has 0 bridgehead atoms. The molecule has 0 unspecified atom stereocenters. The van der Waals surface area contributed by atoms with E-state index in [-0.39, 0.29) is 5.41 Å². The molecule has 2 aromatic heterocycles. The van der Waals surface area contributed by atoms with E-state index in [0.717, 1.165) is 35.9 Å². The van der Waals surface area contributed by atoms with Gasteiger partial charge in [0.15, 0.2) is 0 Å². The summed E-state index contributed by atoms with van der Waals surface area (Å²) in [4.78, 5) is 0. The van der Waals surface area contributed by atoms with E-state index in [4.69, 9.17) is 20.3 Å². The smallest absolute Gasteiger partial charge is 0.117 e. The van der Waals surface area contributed by atoms with Crippen LogP contribution in [0.25, 0.3) is 0 Å². The van der Waals surface area contributed by atoms with Gasteiger partial charge in [-0.25, -0.2) is 0 Å². The fraction of sp³-hybridized carbons (Fsp3) is 0.529. The van der Waals surface area contributed by atoms with E-state index in [1.807, 2.05) is 24.3 Å². The molecule has 116 valence electrons. The first-order valence-corrected chi connectivity index (χ1v) is 7.72. The van der Waals surface area contributed by atoms with E-state index in [2.05, 4.69) is 13.8 Å². The molecule has 0 aliphatic rings. The van der Waals surface area contributed by atoms with Crippen LogP contribution in [0.1, 0.15) is 62.6 Å². The van der Waals surface area contributed by atoms with Crippen molar-refractivity contribution in [2.24, 2.45) is 11.5 Å². The van der Waals surface area contributed by atoms with Crippen molar-refractivity contribution in [3.63, 3.8) is 0 Å². The van der Waals surface area contributed by atoms with Crippen LogP contribution in [0.4, 0.5) is 0 Å². The van der Waals surface area contributed by atoms with Crippen molar-refractivity contribution in [3.05, 3.63) is 47.3 Å². The highest BCUT2D eigenvalue weighted by molar-refractivity contribution is 5.29. The van der Waals surface area contributed by atoms with Crippen molar-refractivity contribution in [2.45, 2.75) is 58.0 Å². The minimum atomic E-state index is -0.268. The second-order valence-corrected chi connectivity index (χ2v) is 5.73. The zero-order valence-corrected chi connectivity index (χ0v) is 13.0. The third-order valence-electron chi connectivity index (χ3n) is 4.09. The Morgan fingerprint density at radius 3 is 1.81 bits per heavy atom. The molecule has 0 fully saturated rings. The maximum Gasteiger partial charge on any atom is 0.117 e. The molecule has 0 atom stereocenters. The summed E-state index contributed by atoms with van der Waals surface area (Å²) >= 11 is 0. The minimum absolute atomic E-state index is 0.268. The predicted octanol–water partition coefficient (Wildman–Crippen LogP) is 3.68. The average Bonchev–Trinajstić information content (AvgIpc) is 3.16. The number of unbranched alkanes of at least 4 members (excludes halogenated alkanes) is 2. The summed E-state index contributed by atoms with van der Waals surface area (Å²) in [5.74, 6) is 3.43. The van der Waals surface area contributed by atoms with Crippen LogP contribution in [-0.4, -0.2) is 0 Å². The average molecular weight is 290 g/mol. The largest absolute Gasteiger partial charge is 0.464 e. The van der Waals surface area contributed by atoms with Gasteiger partial charge < -0.3 is 20.3 Å². The van der Waals surface area contributed by atoms with Gasteiger partial charge in [0, 0.05) is 0 Å². The standard InChI is InChI=1S/C17H26N2O2/c1-3-4-5-10-17(2,15-8-6-13(11-18)20-15)16-9-7-14(12-19)21-16/h6-9H,3-5,10-12,18-19H2,1-2H3. The Balaban J connectivity index is 2.32. The molecular weight excluding hydrogens is 264 g/mol. The predicted molar refractivity (Wildman–Crippen MR) is 83.8 cm³/mol. The van der Waals surface area contributed by atoms with E-state index < -0.39 is 0 Å². The van der Waals surface area contributed by atoms with Gasteiger partial charge in [-0.3, -0.25) is 0 Å². The first-order chi connectivity index (χ1) is 10.1. The van der Waals surface area contributed by atoms with Gasteiger partial charge in [0.25, 0.3) is 0 Å². The Morgan fingerprint density at radius 1 is 0.905 bits per heavy atom.